The Hall–Kier alpha value is -0.780. The fraction of sp³-hybridized carbons (Fsp3) is 0.667. The smallest absolute Gasteiger partial charge is 0.00150 e. The fourth-order valence-corrected chi connectivity index (χ4v) is 3.98. The van der Waals surface area contributed by atoms with Gasteiger partial charge in [0.1, 0.15) is 0 Å². The van der Waals surface area contributed by atoms with Gasteiger partial charge in [0.2, 0.25) is 0 Å². The number of benzene rings is 1. The van der Waals surface area contributed by atoms with Crippen molar-refractivity contribution in [3.8, 4) is 0 Å². The van der Waals surface area contributed by atoms with Gasteiger partial charge in [-0.05, 0) is 29.7 Å². The van der Waals surface area contributed by atoms with Crippen molar-refractivity contribution in [2.75, 3.05) is 0 Å². The number of rotatable bonds is 2. The Balaban J connectivity index is 0.000000771. The van der Waals surface area contributed by atoms with Crippen molar-refractivity contribution >= 4 is 0 Å². The molecule has 2 unspecified atom stereocenters. The van der Waals surface area contributed by atoms with Gasteiger partial charge in [-0.1, -0.05) is 78.3 Å². The fourth-order valence-electron chi connectivity index (χ4n) is 3.98. The third-order valence-corrected chi connectivity index (χ3v) is 4.97. The zero-order chi connectivity index (χ0) is 14.1. The van der Waals surface area contributed by atoms with E-state index in [2.05, 4.69) is 65.8 Å². The van der Waals surface area contributed by atoms with E-state index in [0.717, 1.165) is 11.8 Å². The van der Waals surface area contributed by atoms with Gasteiger partial charge in [0, 0.05) is 5.41 Å². The van der Waals surface area contributed by atoms with E-state index in [9.17, 15) is 0 Å². The average Bonchev–Trinajstić information content (AvgIpc) is 2.77. The molecule has 0 saturated heterocycles. The lowest BCUT2D eigenvalue weighted by atomic mass is 9.88. The third kappa shape index (κ3) is 2.11. The Bertz CT molecular complexity index is 383. The lowest BCUT2D eigenvalue weighted by Gasteiger charge is -2.16. The topological polar surface area (TPSA) is 0 Å². The summed E-state index contributed by atoms with van der Waals surface area (Å²) in [5, 5.41) is 0. The van der Waals surface area contributed by atoms with Crippen LogP contribution in [0.25, 0.3) is 0 Å². The van der Waals surface area contributed by atoms with Crippen molar-refractivity contribution in [2.24, 2.45) is 17.3 Å². The molecule has 1 saturated carbocycles. The van der Waals surface area contributed by atoms with Gasteiger partial charge in [-0.2, -0.15) is 0 Å². The van der Waals surface area contributed by atoms with Gasteiger partial charge in [-0.3, -0.25) is 0 Å². The second-order valence-corrected chi connectivity index (χ2v) is 6.51. The molecule has 1 aromatic carbocycles. The highest BCUT2D eigenvalue weighted by molar-refractivity contribution is 5.40. The summed E-state index contributed by atoms with van der Waals surface area (Å²) in [6, 6.07) is 9.12. The monoisotopic (exact) mass is 246 g/mol. The van der Waals surface area contributed by atoms with E-state index in [-0.39, 0.29) is 0 Å². The molecule has 0 bridgehead atoms. The third-order valence-electron chi connectivity index (χ3n) is 4.97. The zero-order valence-corrected chi connectivity index (χ0v) is 13.5. The van der Waals surface area contributed by atoms with Crippen molar-refractivity contribution in [3.05, 3.63) is 35.4 Å². The van der Waals surface area contributed by atoms with Crippen molar-refractivity contribution in [3.63, 3.8) is 0 Å². The second-order valence-electron chi connectivity index (χ2n) is 6.51. The molecular weight excluding hydrogens is 216 g/mol. The maximum absolute atomic E-state index is 2.43. The first kappa shape index (κ1) is 15.3. The molecule has 2 atom stereocenters. The van der Waals surface area contributed by atoms with Gasteiger partial charge in [-0.15, -0.1) is 0 Å². The maximum atomic E-state index is 2.43. The molecule has 0 amide bonds. The summed E-state index contributed by atoms with van der Waals surface area (Å²) < 4.78 is 0. The van der Waals surface area contributed by atoms with Crippen LogP contribution in [0.4, 0.5) is 0 Å². The number of hydrogen-bond donors (Lipinski definition) is 0. The highest BCUT2D eigenvalue weighted by Crippen LogP contribution is 2.71. The molecule has 2 rings (SSSR count). The summed E-state index contributed by atoms with van der Waals surface area (Å²) in [5.41, 5.74) is 3.68. The largest absolute Gasteiger partial charge is 0.0683 e. The van der Waals surface area contributed by atoms with Gasteiger partial charge in [0.05, 0.1) is 0 Å². The lowest BCUT2D eigenvalue weighted by molar-refractivity contribution is 0.451. The molecule has 18 heavy (non-hydrogen) atoms. The minimum absolute atomic E-state index is 0.370. The molecule has 0 nitrogen and oxygen atoms in total. The van der Waals surface area contributed by atoms with Crippen LogP contribution in [0, 0.1) is 24.2 Å². The predicted octanol–water partition coefficient (Wildman–Crippen LogP) is 5.59. The molecule has 0 heterocycles. The Morgan fingerprint density at radius 2 is 1.39 bits per heavy atom. The van der Waals surface area contributed by atoms with Crippen molar-refractivity contribution in [1.82, 2.24) is 0 Å². The zero-order valence-electron chi connectivity index (χ0n) is 13.5. The molecular formula is C18H30. The van der Waals surface area contributed by atoms with E-state index in [1.165, 1.54) is 11.1 Å². The van der Waals surface area contributed by atoms with Crippen molar-refractivity contribution in [1.29, 1.82) is 0 Å². The molecule has 0 spiro atoms. The van der Waals surface area contributed by atoms with Crippen LogP contribution in [0.1, 0.15) is 59.6 Å². The Morgan fingerprint density at radius 1 is 0.944 bits per heavy atom. The Kier molecular flexibility index (Phi) is 4.30. The van der Waals surface area contributed by atoms with Crippen LogP contribution >= 0.6 is 0 Å². The minimum Gasteiger partial charge on any atom is -0.0683 e. The molecule has 1 aliphatic carbocycles. The van der Waals surface area contributed by atoms with E-state index in [1.807, 2.05) is 13.8 Å². The van der Waals surface area contributed by atoms with E-state index < -0.39 is 0 Å². The quantitative estimate of drug-likeness (QED) is 0.638. The predicted molar refractivity (Wildman–Crippen MR) is 82.0 cm³/mol. The summed E-state index contributed by atoms with van der Waals surface area (Å²) in [5.74, 6) is 1.57. The van der Waals surface area contributed by atoms with E-state index >= 15 is 0 Å². The average molecular weight is 246 g/mol. The molecule has 102 valence electrons. The van der Waals surface area contributed by atoms with Crippen LogP contribution in [-0.4, -0.2) is 0 Å². The summed E-state index contributed by atoms with van der Waals surface area (Å²) >= 11 is 0. The summed E-state index contributed by atoms with van der Waals surface area (Å²) in [6.07, 6.45) is 0. The minimum atomic E-state index is 0.370. The SMILES string of the molecule is CC.Cc1ccc(C2(C)C(C(C)C)C2(C)C)cc1. The maximum Gasteiger partial charge on any atom is 0.00150 e. The van der Waals surface area contributed by atoms with Crippen LogP contribution in [0.3, 0.4) is 0 Å². The van der Waals surface area contributed by atoms with Gasteiger partial charge < -0.3 is 0 Å². The summed E-state index contributed by atoms with van der Waals surface area (Å²) in [6.45, 7) is 18.1. The van der Waals surface area contributed by atoms with Crippen molar-refractivity contribution < 1.29 is 0 Å². The van der Waals surface area contributed by atoms with Crippen LogP contribution < -0.4 is 0 Å². The van der Waals surface area contributed by atoms with Crippen LogP contribution in [0.5, 0.6) is 0 Å². The Labute approximate surface area is 114 Å². The molecule has 0 N–H and O–H groups in total. The highest BCUT2D eigenvalue weighted by atomic mass is 14.7. The van der Waals surface area contributed by atoms with E-state index in [4.69, 9.17) is 0 Å². The molecule has 1 fully saturated rings. The standard InChI is InChI=1S/C16H24.C2H6/c1-11(2)14-15(4,5)16(14,6)13-9-7-12(3)8-10-13;1-2/h7-11,14H,1-6H3;1-2H3. The van der Waals surface area contributed by atoms with Gasteiger partial charge >= 0.3 is 0 Å². The number of aryl methyl sites for hydroxylation is 1. The highest BCUT2D eigenvalue weighted by Gasteiger charge is 2.68. The first-order valence-corrected chi connectivity index (χ1v) is 7.39. The van der Waals surface area contributed by atoms with Crippen molar-refractivity contribution in [2.45, 2.75) is 60.8 Å². The first-order chi connectivity index (χ1) is 8.31. The molecule has 0 aromatic heterocycles. The van der Waals surface area contributed by atoms with E-state index in [1.54, 1.807) is 0 Å². The summed E-state index contributed by atoms with van der Waals surface area (Å²) in [7, 11) is 0. The van der Waals surface area contributed by atoms with Gasteiger partial charge in [0.15, 0.2) is 0 Å². The molecule has 0 aliphatic heterocycles. The molecule has 1 aromatic rings. The summed E-state index contributed by atoms with van der Waals surface area (Å²) in [4.78, 5) is 0. The van der Waals surface area contributed by atoms with Gasteiger partial charge in [0.25, 0.3) is 0 Å². The van der Waals surface area contributed by atoms with Gasteiger partial charge in [-0.25, -0.2) is 0 Å². The molecule has 0 heteroatoms. The van der Waals surface area contributed by atoms with Crippen LogP contribution in [0.15, 0.2) is 24.3 Å². The van der Waals surface area contributed by atoms with Crippen LogP contribution in [-0.2, 0) is 5.41 Å². The molecule has 1 aliphatic rings. The number of hydrogen-bond acceptors (Lipinski definition) is 0. The lowest BCUT2D eigenvalue weighted by Crippen LogP contribution is -2.10. The first-order valence-electron chi connectivity index (χ1n) is 7.39. The van der Waals surface area contributed by atoms with Crippen LogP contribution in [0.2, 0.25) is 0 Å². The molecule has 0 radical (unpaired) electrons. The Morgan fingerprint density at radius 3 is 1.72 bits per heavy atom. The normalized spacial score (nSPS) is 28.6. The second kappa shape index (κ2) is 5.07. The van der Waals surface area contributed by atoms with E-state index in [0.29, 0.717) is 10.8 Å².